The van der Waals surface area contributed by atoms with Gasteiger partial charge in [-0.3, -0.25) is 33.6 Å². The highest BCUT2D eigenvalue weighted by Crippen LogP contribution is 2.46. The van der Waals surface area contributed by atoms with Gasteiger partial charge in [-0.05, 0) is 214 Å². The van der Waals surface area contributed by atoms with E-state index < -0.39 is 6.04 Å². The fraction of sp³-hybridized carbons (Fsp3) is 0.873. The maximum absolute atomic E-state index is 13.7. The van der Waals surface area contributed by atoms with Crippen LogP contribution in [0.1, 0.15) is 335 Å². The minimum Gasteiger partial charge on any atom is -0.379 e. The van der Waals surface area contributed by atoms with Crippen LogP contribution in [0, 0.1) is 51.8 Å². The Hall–Kier alpha value is -4.93. The molecule has 0 fully saturated rings. The van der Waals surface area contributed by atoms with E-state index in [2.05, 4.69) is 141 Å². The number of unbranched alkanes of at least 4 members (excludes halogenated alkanes) is 1. The standard InChI is InChI=1S/C102H187N7O18/c1-80(38-41-89-86(7)34-21-46-100(89,10)11)28-18-31-83(4)76-95(112)105-49-17-16-37-92(109-97(114)78-85(6)33-20-30-82(3)40-43-91-88(9)36-23-48-102(91,14)15)99(116)107-53-27-57-120-63-69-124-67-61-118-55-25-51-104-94(111)45-59-122-65-71-126-73-75-127-74-72-125-70-64-121-58-44-93(110)103-50-24-54-117-60-66-123-68-62-119-56-26-52-106-98(115)79-108-96(113)77-84(5)32-19-29-81(2)39-42-90-87(8)35-22-47-101(90,12)13/h80-85,92H,16-79H2,1-15H3,(H,103,110)(H,104,111)(H,105,112)(H,106,115)(H,107,116)(H,108,113)(H,109,114)/t80?,81?,82?,83?,84?,85?,92-/m0/s1. The Morgan fingerprint density at radius 2 is 0.543 bits per heavy atom. The van der Waals surface area contributed by atoms with Crippen molar-refractivity contribution in [1.82, 2.24) is 37.2 Å². The van der Waals surface area contributed by atoms with E-state index in [1.165, 1.54) is 109 Å². The number of amides is 7. The predicted octanol–water partition coefficient (Wildman–Crippen LogP) is 17.3. The van der Waals surface area contributed by atoms with Crippen LogP contribution in [0.4, 0.5) is 0 Å². The normalized spacial score (nSPS) is 16.8. The van der Waals surface area contributed by atoms with E-state index in [9.17, 15) is 33.6 Å². The zero-order valence-corrected chi connectivity index (χ0v) is 83.1. The molecule has 738 valence electrons. The molecule has 0 aromatic carbocycles. The highest BCUT2D eigenvalue weighted by Gasteiger charge is 2.32. The van der Waals surface area contributed by atoms with Crippen LogP contribution < -0.4 is 37.2 Å². The summed E-state index contributed by atoms with van der Waals surface area (Å²) in [7, 11) is 0. The second-order valence-electron chi connectivity index (χ2n) is 39.4. The van der Waals surface area contributed by atoms with Crippen molar-refractivity contribution in [3.05, 3.63) is 33.4 Å². The van der Waals surface area contributed by atoms with E-state index in [1.54, 1.807) is 33.4 Å². The Balaban J connectivity index is 1.06. The van der Waals surface area contributed by atoms with Crippen LogP contribution in [0.25, 0.3) is 0 Å². The molecule has 3 aliphatic rings. The van der Waals surface area contributed by atoms with Crippen molar-refractivity contribution < 1.29 is 85.7 Å². The molecule has 0 heterocycles. The smallest absolute Gasteiger partial charge is 0.242 e. The van der Waals surface area contributed by atoms with E-state index in [1.807, 2.05) is 0 Å². The maximum Gasteiger partial charge on any atom is 0.242 e. The summed E-state index contributed by atoms with van der Waals surface area (Å²) in [5.41, 5.74) is 10.8. The second-order valence-corrected chi connectivity index (χ2v) is 39.4. The summed E-state index contributed by atoms with van der Waals surface area (Å²) < 4.78 is 61.7. The van der Waals surface area contributed by atoms with E-state index in [-0.39, 0.29) is 72.6 Å². The molecule has 0 aliphatic heterocycles. The second kappa shape index (κ2) is 72.6. The molecule has 0 bridgehead atoms. The Labute approximate surface area is 771 Å². The van der Waals surface area contributed by atoms with Crippen LogP contribution in [-0.2, 0) is 85.7 Å². The molecule has 0 aromatic rings. The fourth-order valence-corrected chi connectivity index (χ4v) is 17.9. The van der Waals surface area contributed by atoms with Crippen LogP contribution in [-0.4, -0.2) is 232 Å². The van der Waals surface area contributed by atoms with Gasteiger partial charge in [-0.2, -0.15) is 0 Å². The minimum atomic E-state index is -0.657. The van der Waals surface area contributed by atoms with Crippen molar-refractivity contribution in [2.45, 2.75) is 341 Å². The molecule has 25 nitrogen and oxygen atoms in total. The molecule has 0 saturated heterocycles. The minimum absolute atomic E-state index is 0.0167. The number of hydrogen-bond donors (Lipinski definition) is 7. The summed E-state index contributed by atoms with van der Waals surface area (Å²) in [4.78, 5) is 89.4. The molecule has 7 amide bonds. The number of ether oxygens (including phenoxy) is 11. The number of allylic oxidation sites excluding steroid dienone is 6. The third-order valence-electron chi connectivity index (χ3n) is 25.9. The van der Waals surface area contributed by atoms with E-state index in [4.69, 9.17) is 52.1 Å². The molecule has 0 radical (unpaired) electrons. The summed E-state index contributed by atoms with van der Waals surface area (Å²) in [5.74, 6) is 2.15. The number of carbonyl (C=O) groups is 7. The highest BCUT2D eigenvalue weighted by atomic mass is 16.6. The summed E-state index contributed by atoms with van der Waals surface area (Å²) in [6, 6.07) is -0.657. The van der Waals surface area contributed by atoms with Crippen molar-refractivity contribution in [1.29, 1.82) is 0 Å². The van der Waals surface area contributed by atoms with Crippen LogP contribution in [0.5, 0.6) is 0 Å². The molecular weight excluding hydrogens is 1610 g/mol. The predicted molar refractivity (Wildman–Crippen MR) is 510 cm³/mol. The van der Waals surface area contributed by atoms with Crippen molar-refractivity contribution in [2.75, 3.05) is 185 Å². The van der Waals surface area contributed by atoms with Gasteiger partial charge in [0, 0.05) is 91.3 Å². The first-order chi connectivity index (χ1) is 61.0. The monoisotopic (exact) mass is 1800 g/mol. The summed E-state index contributed by atoms with van der Waals surface area (Å²) in [5, 5.41) is 20.6. The molecule has 25 heteroatoms. The lowest BCUT2D eigenvalue weighted by atomic mass is 9.70. The van der Waals surface area contributed by atoms with Gasteiger partial charge in [-0.1, -0.05) is 174 Å². The molecule has 7 N–H and O–H groups in total. The molecule has 7 atom stereocenters. The largest absolute Gasteiger partial charge is 0.379 e. The molecule has 3 aliphatic carbocycles. The fourth-order valence-electron chi connectivity index (χ4n) is 17.9. The van der Waals surface area contributed by atoms with Crippen molar-refractivity contribution in [2.24, 2.45) is 51.8 Å². The quantitative estimate of drug-likeness (QED) is 0.0220. The number of carbonyl (C=O) groups excluding carboxylic acids is 7. The van der Waals surface area contributed by atoms with Crippen LogP contribution in [0.2, 0.25) is 0 Å². The molecule has 0 saturated carbocycles. The van der Waals surface area contributed by atoms with Gasteiger partial charge in [0.15, 0.2) is 0 Å². The van der Waals surface area contributed by atoms with Gasteiger partial charge in [0.1, 0.15) is 6.04 Å². The summed E-state index contributed by atoms with van der Waals surface area (Å²) >= 11 is 0. The lowest BCUT2D eigenvalue weighted by Gasteiger charge is -2.35. The van der Waals surface area contributed by atoms with Crippen molar-refractivity contribution >= 4 is 41.4 Å². The Kier molecular flexibility index (Phi) is 66.4. The first-order valence-electron chi connectivity index (χ1n) is 50.3. The molecular formula is C102H187N7O18. The van der Waals surface area contributed by atoms with Gasteiger partial charge in [0.25, 0.3) is 0 Å². The maximum atomic E-state index is 13.7. The average molecular weight is 1800 g/mol. The van der Waals surface area contributed by atoms with Gasteiger partial charge in [-0.15, -0.1) is 0 Å². The zero-order chi connectivity index (χ0) is 93.0. The Morgan fingerprint density at radius 1 is 0.276 bits per heavy atom. The highest BCUT2D eigenvalue weighted by molar-refractivity contribution is 5.87. The molecule has 3 rings (SSSR count). The Morgan fingerprint density at radius 3 is 0.874 bits per heavy atom. The van der Waals surface area contributed by atoms with E-state index in [0.29, 0.717) is 276 Å². The third kappa shape index (κ3) is 60.8. The van der Waals surface area contributed by atoms with Crippen molar-refractivity contribution in [3.8, 4) is 0 Å². The van der Waals surface area contributed by atoms with Crippen LogP contribution in [0.3, 0.4) is 0 Å². The lowest BCUT2D eigenvalue weighted by molar-refractivity contribution is -0.129. The number of rotatable bonds is 82. The van der Waals surface area contributed by atoms with Gasteiger partial charge in [-0.25, -0.2) is 0 Å². The van der Waals surface area contributed by atoms with E-state index in [0.717, 1.165) is 51.4 Å². The van der Waals surface area contributed by atoms with Crippen LogP contribution in [0.15, 0.2) is 33.4 Å². The summed E-state index contributed by atoms with van der Waals surface area (Å²) in [6.07, 6.45) is 35.1. The molecule has 0 aromatic heterocycles. The first kappa shape index (κ1) is 116. The lowest BCUT2D eigenvalue weighted by Crippen LogP contribution is -2.47. The van der Waals surface area contributed by atoms with Gasteiger partial charge in [0.2, 0.25) is 41.4 Å². The van der Waals surface area contributed by atoms with Gasteiger partial charge >= 0.3 is 0 Å². The van der Waals surface area contributed by atoms with Crippen molar-refractivity contribution in [3.63, 3.8) is 0 Å². The number of nitrogens with one attached hydrogen (secondary N) is 7. The van der Waals surface area contributed by atoms with Gasteiger partial charge < -0.3 is 89.3 Å². The molecule has 0 spiro atoms. The first-order valence-corrected chi connectivity index (χ1v) is 50.3. The molecule has 127 heavy (non-hydrogen) atoms. The SMILES string of the molecule is CC1=C(CCC(C)CCCC(C)CC(=O)NCCCC[C@H](NC(=O)CC(C)CCCC(C)CCC2=C(C)CCCC2(C)C)C(=O)NCCCOCCOCCOCCCNC(=O)CCOCCOCCOCCOCCOCCC(=O)NCCCOCCOCCOCCCNC(=O)CNC(=O)CC(C)CCCC(C)CCC2=C(C)CCCC2(C)C)C(C)(C)CCC1. The summed E-state index contributed by atoms with van der Waals surface area (Å²) in [6.45, 7) is 46.6. The van der Waals surface area contributed by atoms with E-state index >= 15 is 0 Å². The van der Waals surface area contributed by atoms with Gasteiger partial charge in [0.05, 0.1) is 125 Å². The number of hydrogen-bond acceptors (Lipinski definition) is 18. The zero-order valence-electron chi connectivity index (χ0n) is 83.1. The Bertz CT molecular complexity index is 3030. The molecule has 6 unspecified atom stereocenters. The average Bonchev–Trinajstić information content (AvgIpc) is 0.831. The van der Waals surface area contributed by atoms with Crippen LogP contribution >= 0.6 is 0 Å². The third-order valence-corrected chi connectivity index (χ3v) is 25.9. The topological polar surface area (TPSA) is 305 Å².